The highest BCUT2D eigenvalue weighted by Gasteiger charge is 2.21. The van der Waals surface area contributed by atoms with Crippen LogP contribution in [-0.4, -0.2) is 24.7 Å². The molecule has 0 aliphatic heterocycles. The van der Waals surface area contributed by atoms with Crippen LogP contribution in [0.3, 0.4) is 0 Å². The summed E-state index contributed by atoms with van der Waals surface area (Å²) in [6.45, 7) is 3.47. The van der Waals surface area contributed by atoms with Crippen molar-refractivity contribution >= 4 is 21.6 Å². The molecular formula is C13H16ClN3O2S. The number of aromatic nitrogens is 2. The second-order valence-electron chi connectivity index (χ2n) is 4.68. The zero-order chi connectivity index (χ0) is 14.8. The molecule has 2 rings (SSSR count). The van der Waals surface area contributed by atoms with Gasteiger partial charge in [-0.1, -0.05) is 29.8 Å². The summed E-state index contributed by atoms with van der Waals surface area (Å²) in [5.74, 6) is 0. The number of benzene rings is 1. The Labute approximate surface area is 123 Å². The number of aromatic amines is 1. The lowest BCUT2D eigenvalue weighted by atomic mass is 10.1. The highest BCUT2D eigenvalue weighted by molar-refractivity contribution is 7.89. The van der Waals surface area contributed by atoms with Crippen molar-refractivity contribution in [1.82, 2.24) is 14.9 Å². The summed E-state index contributed by atoms with van der Waals surface area (Å²) in [5.41, 5.74) is 1.43. The van der Waals surface area contributed by atoms with Crippen LogP contribution in [0.2, 0.25) is 5.02 Å². The van der Waals surface area contributed by atoms with Gasteiger partial charge in [0, 0.05) is 11.1 Å². The largest absolute Gasteiger partial charge is 0.281 e. The molecule has 5 nitrogen and oxygen atoms in total. The normalized spacial score (nSPS) is 13.3. The van der Waals surface area contributed by atoms with E-state index in [1.165, 1.54) is 6.20 Å². The Morgan fingerprint density at radius 1 is 1.40 bits per heavy atom. The first-order valence-corrected chi connectivity index (χ1v) is 8.02. The van der Waals surface area contributed by atoms with E-state index < -0.39 is 10.0 Å². The highest BCUT2D eigenvalue weighted by Crippen LogP contribution is 2.18. The maximum Gasteiger partial charge on any atom is 0.244 e. The standard InChI is InChI=1S/C13H16ClN3O2S/c1-9(7-11-5-3-4-6-12(11)14)17-20(18,19)13-8-15-16-10(13)2/h3-6,8-9,17H,7H2,1-2H3,(H,15,16). The van der Waals surface area contributed by atoms with Crippen LogP contribution < -0.4 is 4.72 Å². The Hall–Kier alpha value is -1.37. The molecule has 1 aromatic carbocycles. The van der Waals surface area contributed by atoms with Gasteiger partial charge in [0.1, 0.15) is 4.90 Å². The van der Waals surface area contributed by atoms with Gasteiger partial charge in [0.2, 0.25) is 10.0 Å². The van der Waals surface area contributed by atoms with Crippen molar-refractivity contribution in [2.75, 3.05) is 0 Å². The molecule has 2 aromatic rings. The van der Waals surface area contributed by atoms with Gasteiger partial charge in [0.05, 0.1) is 11.9 Å². The summed E-state index contributed by atoms with van der Waals surface area (Å²) in [6.07, 6.45) is 1.83. The number of nitrogens with one attached hydrogen (secondary N) is 2. The van der Waals surface area contributed by atoms with Gasteiger partial charge in [-0.2, -0.15) is 5.10 Å². The summed E-state index contributed by atoms with van der Waals surface area (Å²) in [5, 5.41) is 6.98. The lowest BCUT2D eigenvalue weighted by molar-refractivity contribution is 0.559. The molecule has 108 valence electrons. The third-order valence-corrected chi connectivity index (χ3v) is 4.99. The van der Waals surface area contributed by atoms with Gasteiger partial charge in [0.15, 0.2) is 0 Å². The van der Waals surface area contributed by atoms with E-state index in [4.69, 9.17) is 11.6 Å². The monoisotopic (exact) mass is 313 g/mol. The second-order valence-corrected chi connectivity index (χ2v) is 6.77. The van der Waals surface area contributed by atoms with E-state index in [1.807, 2.05) is 18.2 Å². The van der Waals surface area contributed by atoms with Gasteiger partial charge >= 0.3 is 0 Å². The van der Waals surface area contributed by atoms with Crippen molar-refractivity contribution < 1.29 is 8.42 Å². The maximum atomic E-state index is 12.2. The molecule has 20 heavy (non-hydrogen) atoms. The molecule has 0 amide bonds. The van der Waals surface area contributed by atoms with E-state index in [2.05, 4.69) is 14.9 Å². The van der Waals surface area contributed by atoms with Gasteiger partial charge in [-0.05, 0) is 31.9 Å². The molecule has 0 saturated carbocycles. The average Bonchev–Trinajstić information content (AvgIpc) is 2.78. The first-order valence-electron chi connectivity index (χ1n) is 6.16. The summed E-state index contributed by atoms with van der Waals surface area (Å²) in [6, 6.07) is 7.13. The quantitative estimate of drug-likeness (QED) is 0.889. The predicted molar refractivity (Wildman–Crippen MR) is 78.3 cm³/mol. The van der Waals surface area contributed by atoms with E-state index in [0.717, 1.165) is 5.56 Å². The third kappa shape index (κ3) is 3.39. The summed E-state index contributed by atoms with van der Waals surface area (Å²) < 4.78 is 27.0. The topological polar surface area (TPSA) is 74.8 Å². The summed E-state index contributed by atoms with van der Waals surface area (Å²) in [4.78, 5) is 0.170. The molecule has 1 atom stereocenters. The first kappa shape index (κ1) is 15.0. The molecule has 0 aliphatic rings. The first-order chi connectivity index (χ1) is 9.40. The maximum absolute atomic E-state index is 12.2. The van der Waals surface area contributed by atoms with Crippen LogP contribution in [0.15, 0.2) is 35.4 Å². The number of hydrogen-bond acceptors (Lipinski definition) is 3. The van der Waals surface area contributed by atoms with Crippen LogP contribution >= 0.6 is 11.6 Å². The molecule has 0 fully saturated rings. The molecule has 0 saturated heterocycles. The van der Waals surface area contributed by atoms with Gasteiger partial charge < -0.3 is 0 Å². The van der Waals surface area contributed by atoms with Crippen LogP contribution in [0, 0.1) is 6.92 Å². The minimum atomic E-state index is -3.57. The van der Waals surface area contributed by atoms with Gasteiger partial charge in [-0.25, -0.2) is 13.1 Å². The van der Waals surface area contributed by atoms with Crippen LogP contribution in [0.25, 0.3) is 0 Å². The minimum absolute atomic E-state index is 0.170. The zero-order valence-electron chi connectivity index (χ0n) is 11.2. The minimum Gasteiger partial charge on any atom is -0.281 e. The molecule has 0 spiro atoms. The van der Waals surface area contributed by atoms with Crippen molar-refractivity contribution in [1.29, 1.82) is 0 Å². The number of halogens is 1. The third-order valence-electron chi connectivity index (χ3n) is 2.91. The van der Waals surface area contributed by atoms with Crippen molar-refractivity contribution in [3.8, 4) is 0 Å². The number of hydrogen-bond donors (Lipinski definition) is 2. The van der Waals surface area contributed by atoms with E-state index in [-0.39, 0.29) is 10.9 Å². The van der Waals surface area contributed by atoms with Crippen LogP contribution in [0.1, 0.15) is 18.2 Å². The Bertz CT molecular complexity index is 697. The van der Waals surface area contributed by atoms with Crippen molar-refractivity contribution in [2.24, 2.45) is 0 Å². The zero-order valence-corrected chi connectivity index (χ0v) is 12.8. The van der Waals surface area contributed by atoms with Crippen LogP contribution in [-0.2, 0) is 16.4 Å². The van der Waals surface area contributed by atoms with Crippen LogP contribution in [0.4, 0.5) is 0 Å². The molecule has 1 aromatic heterocycles. The predicted octanol–water partition coefficient (Wildman–Crippen LogP) is 2.28. The number of rotatable bonds is 5. The van der Waals surface area contributed by atoms with E-state index in [0.29, 0.717) is 17.1 Å². The fourth-order valence-corrected chi connectivity index (χ4v) is 3.57. The Kier molecular flexibility index (Phi) is 4.47. The second kappa shape index (κ2) is 5.95. The molecule has 1 unspecified atom stereocenters. The van der Waals surface area contributed by atoms with Crippen molar-refractivity contribution in [2.45, 2.75) is 31.2 Å². The fraction of sp³-hybridized carbons (Fsp3) is 0.308. The fourth-order valence-electron chi connectivity index (χ4n) is 1.97. The Morgan fingerprint density at radius 2 is 2.10 bits per heavy atom. The van der Waals surface area contributed by atoms with Crippen LogP contribution in [0.5, 0.6) is 0 Å². The smallest absolute Gasteiger partial charge is 0.244 e. The molecule has 1 heterocycles. The molecule has 7 heteroatoms. The van der Waals surface area contributed by atoms with Crippen molar-refractivity contribution in [3.63, 3.8) is 0 Å². The lowest BCUT2D eigenvalue weighted by Crippen LogP contribution is -2.34. The average molecular weight is 314 g/mol. The van der Waals surface area contributed by atoms with E-state index in [9.17, 15) is 8.42 Å². The highest BCUT2D eigenvalue weighted by atomic mass is 35.5. The molecule has 0 aliphatic carbocycles. The molecular weight excluding hydrogens is 298 g/mol. The van der Waals surface area contributed by atoms with E-state index >= 15 is 0 Å². The number of H-pyrrole nitrogens is 1. The van der Waals surface area contributed by atoms with Crippen molar-refractivity contribution in [3.05, 3.63) is 46.7 Å². The molecule has 0 radical (unpaired) electrons. The molecule has 2 N–H and O–H groups in total. The number of aryl methyl sites for hydroxylation is 1. The summed E-state index contributed by atoms with van der Waals surface area (Å²) in [7, 11) is -3.57. The van der Waals surface area contributed by atoms with Gasteiger partial charge in [-0.3, -0.25) is 5.10 Å². The molecule has 0 bridgehead atoms. The SMILES string of the molecule is Cc1[nH]ncc1S(=O)(=O)NC(C)Cc1ccccc1Cl. The van der Waals surface area contributed by atoms with E-state index in [1.54, 1.807) is 19.9 Å². The Balaban J connectivity index is 2.11. The lowest BCUT2D eigenvalue weighted by Gasteiger charge is -2.14. The Morgan fingerprint density at radius 3 is 2.70 bits per heavy atom. The van der Waals surface area contributed by atoms with Gasteiger partial charge in [0.25, 0.3) is 0 Å². The number of nitrogens with zero attached hydrogens (tertiary/aromatic N) is 1. The number of sulfonamides is 1. The van der Waals surface area contributed by atoms with Gasteiger partial charge in [-0.15, -0.1) is 0 Å². The summed E-state index contributed by atoms with van der Waals surface area (Å²) >= 11 is 6.07.